The molecule has 0 saturated carbocycles. The number of nitrogens with two attached hydrogens (primary N) is 1. The Hall–Kier alpha value is -1.22. The van der Waals surface area contributed by atoms with Crippen molar-refractivity contribution in [2.24, 2.45) is 5.41 Å². The van der Waals surface area contributed by atoms with Crippen LogP contribution in [0.2, 0.25) is 0 Å². The number of rotatable bonds is 4. The van der Waals surface area contributed by atoms with E-state index in [4.69, 9.17) is 10.5 Å². The van der Waals surface area contributed by atoms with Gasteiger partial charge in [-0.3, -0.25) is 4.90 Å². The average molecular weight is 250 g/mol. The van der Waals surface area contributed by atoms with E-state index in [-0.39, 0.29) is 5.41 Å². The van der Waals surface area contributed by atoms with E-state index in [9.17, 15) is 0 Å². The zero-order valence-corrected chi connectivity index (χ0v) is 12.4. The van der Waals surface area contributed by atoms with E-state index >= 15 is 0 Å². The Morgan fingerprint density at radius 1 is 1.33 bits per heavy atom. The molecule has 0 radical (unpaired) electrons. The van der Waals surface area contributed by atoms with Gasteiger partial charge in [-0.25, -0.2) is 0 Å². The second-order valence-electron chi connectivity index (χ2n) is 6.02. The summed E-state index contributed by atoms with van der Waals surface area (Å²) in [7, 11) is 3.79. The molecule has 1 rings (SSSR count). The van der Waals surface area contributed by atoms with Gasteiger partial charge in [-0.05, 0) is 31.0 Å². The number of anilines is 1. The Kier molecular flexibility index (Phi) is 4.63. The lowest BCUT2D eigenvalue weighted by Crippen LogP contribution is -2.38. The minimum Gasteiger partial charge on any atom is -0.497 e. The highest BCUT2D eigenvalue weighted by molar-refractivity contribution is 5.51. The van der Waals surface area contributed by atoms with Crippen LogP contribution in [0.5, 0.6) is 5.75 Å². The van der Waals surface area contributed by atoms with Gasteiger partial charge in [0.1, 0.15) is 5.75 Å². The van der Waals surface area contributed by atoms with Crippen molar-refractivity contribution in [3.63, 3.8) is 0 Å². The van der Waals surface area contributed by atoms with Gasteiger partial charge in [0.15, 0.2) is 0 Å². The zero-order valence-electron chi connectivity index (χ0n) is 12.4. The summed E-state index contributed by atoms with van der Waals surface area (Å²) in [6, 6.07) is 6.37. The lowest BCUT2D eigenvalue weighted by Gasteiger charge is -2.35. The highest BCUT2D eigenvalue weighted by atomic mass is 16.5. The Balaban J connectivity index is 2.79. The molecule has 1 unspecified atom stereocenters. The molecule has 3 nitrogen and oxygen atoms in total. The maximum atomic E-state index is 6.05. The molecule has 18 heavy (non-hydrogen) atoms. The lowest BCUT2D eigenvalue weighted by molar-refractivity contribution is 0.135. The van der Waals surface area contributed by atoms with Gasteiger partial charge in [0.2, 0.25) is 0 Å². The molecule has 102 valence electrons. The molecule has 0 aliphatic heterocycles. The molecule has 1 atom stereocenters. The average Bonchev–Trinajstić information content (AvgIpc) is 2.29. The molecular formula is C15H26N2O. The van der Waals surface area contributed by atoms with Gasteiger partial charge in [0.05, 0.1) is 7.11 Å². The van der Waals surface area contributed by atoms with E-state index in [1.807, 2.05) is 18.2 Å². The van der Waals surface area contributed by atoms with Crippen molar-refractivity contribution < 1.29 is 4.74 Å². The molecule has 0 aliphatic carbocycles. The predicted octanol–water partition coefficient (Wildman–Crippen LogP) is 3.14. The number of hydrogen-bond donors (Lipinski definition) is 1. The predicted molar refractivity (Wildman–Crippen MR) is 77.8 cm³/mol. The minimum absolute atomic E-state index is 0.260. The summed E-state index contributed by atoms with van der Waals surface area (Å²) in [5.41, 5.74) is 8.25. The lowest BCUT2D eigenvalue weighted by atomic mass is 9.87. The van der Waals surface area contributed by atoms with Crippen molar-refractivity contribution in [3.8, 4) is 5.75 Å². The smallest absolute Gasteiger partial charge is 0.120 e. The van der Waals surface area contributed by atoms with Crippen molar-refractivity contribution in [1.29, 1.82) is 0 Å². The van der Waals surface area contributed by atoms with Gasteiger partial charge >= 0.3 is 0 Å². The van der Waals surface area contributed by atoms with E-state index < -0.39 is 0 Å². The Morgan fingerprint density at radius 2 is 1.94 bits per heavy atom. The van der Waals surface area contributed by atoms with Crippen LogP contribution in [0.1, 0.15) is 33.3 Å². The SMILES string of the molecule is COc1ccc(CN(C)C(C)C(C)(C)C)c(N)c1. The van der Waals surface area contributed by atoms with E-state index in [0.29, 0.717) is 6.04 Å². The van der Waals surface area contributed by atoms with Crippen molar-refractivity contribution in [3.05, 3.63) is 23.8 Å². The minimum atomic E-state index is 0.260. The zero-order chi connectivity index (χ0) is 13.9. The van der Waals surface area contributed by atoms with Crippen molar-refractivity contribution >= 4 is 5.69 Å². The van der Waals surface area contributed by atoms with Crippen molar-refractivity contribution in [2.45, 2.75) is 40.3 Å². The third-order valence-corrected chi connectivity index (χ3v) is 3.69. The normalized spacial score (nSPS) is 13.7. The molecule has 0 fully saturated rings. The summed E-state index contributed by atoms with van der Waals surface area (Å²) in [6.45, 7) is 9.87. The fourth-order valence-corrected chi connectivity index (χ4v) is 1.91. The fourth-order valence-electron chi connectivity index (χ4n) is 1.91. The first-order chi connectivity index (χ1) is 8.25. The molecule has 3 heteroatoms. The Bertz CT molecular complexity index is 396. The van der Waals surface area contributed by atoms with E-state index in [0.717, 1.165) is 23.5 Å². The maximum absolute atomic E-state index is 6.05. The van der Waals surface area contributed by atoms with Gasteiger partial charge in [-0.2, -0.15) is 0 Å². The van der Waals surface area contributed by atoms with E-state index in [1.54, 1.807) is 7.11 Å². The number of methoxy groups -OCH3 is 1. The highest BCUT2D eigenvalue weighted by Crippen LogP contribution is 2.26. The second kappa shape index (κ2) is 5.61. The Morgan fingerprint density at radius 3 is 2.39 bits per heavy atom. The molecule has 0 aromatic heterocycles. The molecular weight excluding hydrogens is 224 g/mol. The molecule has 2 N–H and O–H groups in total. The van der Waals surface area contributed by atoms with Crippen molar-refractivity contribution in [2.75, 3.05) is 19.9 Å². The summed E-state index contributed by atoms with van der Waals surface area (Å²) in [5.74, 6) is 0.808. The maximum Gasteiger partial charge on any atom is 0.120 e. The van der Waals surface area contributed by atoms with Crippen LogP contribution in [-0.2, 0) is 6.54 Å². The molecule has 1 aromatic rings. The second-order valence-corrected chi connectivity index (χ2v) is 6.02. The molecule has 0 bridgehead atoms. The number of ether oxygens (including phenoxy) is 1. The molecule has 0 amide bonds. The van der Waals surface area contributed by atoms with Gasteiger partial charge in [-0.15, -0.1) is 0 Å². The topological polar surface area (TPSA) is 38.5 Å². The van der Waals surface area contributed by atoms with Crippen LogP contribution in [0.25, 0.3) is 0 Å². The first-order valence-electron chi connectivity index (χ1n) is 6.38. The van der Waals surface area contributed by atoms with Gasteiger partial charge in [-0.1, -0.05) is 26.8 Å². The quantitative estimate of drug-likeness (QED) is 0.834. The molecule has 1 aromatic carbocycles. The first kappa shape index (κ1) is 14.8. The summed E-state index contributed by atoms with van der Waals surface area (Å²) < 4.78 is 5.16. The van der Waals surface area contributed by atoms with Crippen LogP contribution in [0.15, 0.2) is 18.2 Å². The summed E-state index contributed by atoms with van der Waals surface area (Å²) in [6.07, 6.45) is 0. The van der Waals surface area contributed by atoms with Crippen LogP contribution < -0.4 is 10.5 Å². The van der Waals surface area contributed by atoms with Crippen LogP contribution >= 0.6 is 0 Å². The van der Waals surface area contributed by atoms with Gasteiger partial charge in [0, 0.05) is 24.3 Å². The first-order valence-corrected chi connectivity index (χ1v) is 6.38. The highest BCUT2D eigenvalue weighted by Gasteiger charge is 2.24. The molecule has 0 heterocycles. The summed E-state index contributed by atoms with van der Waals surface area (Å²) in [5, 5.41) is 0. The fraction of sp³-hybridized carbons (Fsp3) is 0.600. The van der Waals surface area contributed by atoms with Crippen LogP contribution in [0.4, 0.5) is 5.69 Å². The third kappa shape index (κ3) is 3.64. The standard InChI is InChI=1S/C15H26N2O/c1-11(15(2,3)4)17(5)10-12-7-8-13(18-6)9-14(12)16/h7-9,11H,10,16H2,1-6H3. The number of benzene rings is 1. The monoisotopic (exact) mass is 250 g/mol. The number of nitrogen functional groups attached to an aromatic ring is 1. The molecule has 0 spiro atoms. The van der Waals surface area contributed by atoms with Crippen LogP contribution in [0, 0.1) is 5.41 Å². The van der Waals surface area contributed by atoms with Crippen LogP contribution in [-0.4, -0.2) is 25.1 Å². The molecule has 0 aliphatic rings. The molecule has 0 saturated heterocycles. The summed E-state index contributed by atoms with van der Waals surface area (Å²) in [4.78, 5) is 2.33. The number of hydrogen-bond acceptors (Lipinski definition) is 3. The largest absolute Gasteiger partial charge is 0.497 e. The third-order valence-electron chi connectivity index (χ3n) is 3.69. The van der Waals surface area contributed by atoms with Gasteiger partial charge < -0.3 is 10.5 Å². The Labute approximate surface area is 111 Å². The number of nitrogens with zero attached hydrogens (tertiary/aromatic N) is 1. The van der Waals surface area contributed by atoms with Crippen LogP contribution in [0.3, 0.4) is 0 Å². The summed E-state index contributed by atoms with van der Waals surface area (Å²) >= 11 is 0. The van der Waals surface area contributed by atoms with E-state index in [1.165, 1.54) is 0 Å². The van der Waals surface area contributed by atoms with E-state index in [2.05, 4.69) is 39.6 Å². The van der Waals surface area contributed by atoms with Gasteiger partial charge in [0.25, 0.3) is 0 Å². The van der Waals surface area contributed by atoms with Crippen molar-refractivity contribution in [1.82, 2.24) is 4.90 Å².